The molecule has 8 heteroatoms. The first-order chi connectivity index (χ1) is 16.4. The first-order valence-corrected chi connectivity index (χ1v) is 12.9. The molecule has 0 spiro atoms. The molecule has 0 unspecified atom stereocenters. The number of rotatable bonds is 7. The highest BCUT2D eigenvalue weighted by molar-refractivity contribution is 7.92. The van der Waals surface area contributed by atoms with Crippen LogP contribution in [0.1, 0.15) is 15.9 Å². The Morgan fingerprint density at radius 2 is 1.56 bits per heavy atom. The molecule has 3 aromatic carbocycles. The fraction of sp³-hybridized carbons (Fsp3) is 0.192. The summed E-state index contributed by atoms with van der Waals surface area (Å²) in [4.78, 5) is 17.3. The molecule has 1 aliphatic rings. The van der Waals surface area contributed by atoms with Gasteiger partial charge in [-0.1, -0.05) is 72.3 Å². The highest BCUT2D eigenvalue weighted by Crippen LogP contribution is 2.24. The van der Waals surface area contributed by atoms with Crippen molar-refractivity contribution in [1.29, 1.82) is 0 Å². The number of nitrogens with one attached hydrogen (secondary N) is 1. The number of nitrogens with zero attached hydrogens (tertiary/aromatic N) is 2. The summed E-state index contributed by atoms with van der Waals surface area (Å²) in [6.07, 6.45) is 4.23. The van der Waals surface area contributed by atoms with E-state index in [0.717, 1.165) is 25.2 Å². The number of halogens is 1. The molecular weight excluding hydrogens is 470 g/mol. The molecule has 3 aromatic rings. The predicted molar refractivity (Wildman–Crippen MR) is 137 cm³/mol. The quantitative estimate of drug-likeness (QED) is 0.519. The molecule has 1 heterocycles. The van der Waals surface area contributed by atoms with E-state index in [2.05, 4.69) is 33.9 Å². The summed E-state index contributed by atoms with van der Waals surface area (Å²) in [5, 5.41) is 0.292. The van der Waals surface area contributed by atoms with Crippen molar-refractivity contribution in [2.75, 3.05) is 37.4 Å². The Kier molecular flexibility index (Phi) is 7.67. The topological polar surface area (TPSA) is 69.7 Å². The van der Waals surface area contributed by atoms with Gasteiger partial charge in [0.05, 0.1) is 15.5 Å². The van der Waals surface area contributed by atoms with Gasteiger partial charge in [0.25, 0.3) is 15.9 Å². The van der Waals surface area contributed by atoms with E-state index >= 15 is 0 Å². The van der Waals surface area contributed by atoms with Crippen LogP contribution in [0, 0.1) is 0 Å². The second kappa shape index (κ2) is 10.9. The molecule has 0 aromatic heterocycles. The maximum absolute atomic E-state index is 13.1. The van der Waals surface area contributed by atoms with Crippen LogP contribution in [0.5, 0.6) is 0 Å². The third-order valence-electron chi connectivity index (χ3n) is 5.64. The standard InChI is InChI=1S/C26H26ClN3O3S/c27-25-14-13-22(28-34(32,33)23-11-5-2-6-12-23)20-24(25)26(31)30-18-16-29(17-19-30)15-7-10-21-8-3-1-4-9-21/h1-14,20,28H,15-19H2/b10-7+. The molecule has 6 nitrogen and oxygen atoms in total. The molecule has 1 fully saturated rings. The van der Waals surface area contributed by atoms with Crippen molar-refractivity contribution in [3.8, 4) is 0 Å². The summed E-state index contributed by atoms with van der Waals surface area (Å²) in [6, 6.07) is 22.8. The van der Waals surface area contributed by atoms with Crippen molar-refractivity contribution in [3.05, 3.63) is 101 Å². The SMILES string of the molecule is O=C(c1cc(NS(=O)(=O)c2ccccc2)ccc1Cl)N1CCN(C/C=C/c2ccccc2)CC1. The van der Waals surface area contributed by atoms with Crippen LogP contribution >= 0.6 is 11.6 Å². The lowest BCUT2D eigenvalue weighted by atomic mass is 10.1. The van der Waals surface area contributed by atoms with Crippen molar-refractivity contribution in [2.45, 2.75) is 4.90 Å². The van der Waals surface area contributed by atoms with Gasteiger partial charge in [-0.2, -0.15) is 0 Å². The van der Waals surface area contributed by atoms with Crippen molar-refractivity contribution in [1.82, 2.24) is 9.80 Å². The Hall–Kier alpha value is -3.13. The van der Waals surface area contributed by atoms with Crippen LogP contribution in [0.15, 0.2) is 89.8 Å². The highest BCUT2D eigenvalue weighted by Gasteiger charge is 2.24. The summed E-state index contributed by atoms with van der Waals surface area (Å²) in [5.74, 6) is -0.203. The molecule has 0 bridgehead atoms. The Balaban J connectivity index is 1.37. The minimum atomic E-state index is -3.76. The number of carbonyl (C=O) groups excluding carboxylic acids is 1. The van der Waals surface area contributed by atoms with Gasteiger partial charge in [0.2, 0.25) is 0 Å². The van der Waals surface area contributed by atoms with Crippen LogP contribution < -0.4 is 4.72 Å². The van der Waals surface area contributed by atoms with Gasteiger partial charge in [-0.05, 0) is 35.9 Å². The van der Waals surface area contributed by atoms with E-state index in [-0.39, 0.29) is 16.4 Å². The molecule has 34 heavy (non-hydrogen) atoms. The van der Waals surface area contributed by atoms with E-state index in [9.17, 15) is 13.2 Å². The number of anilines is 1. The summed E-state index contributed by atoms with van der Waals surface area (Å²) in [5.41, 5.74) is 1.74. The molecule has 1 aliphatic heterocycles. The summed E-state index contributed by atoms with van der Waals surface area (Å²) in [6.45, 7) is 3.47. The fourth-order valence-electron chi connectivity index (χ4n) is 3.77. The zero-order valence-electron chi connectivity index (χ0n) is 18.6. The maximum atomic E-state index is 13.1. The van der Waals surface area contributed by atoms with Gasteiger partial charge in [0.15, 0.2) is 0 Å². The van der Waals surface area contributed by atoms with Crippen LogP contribution in [0.25, 0.3) is 6.08 Å². The van der Waals surface area contributed by atoms with Gasteiger partial charge in [-0.3, -0.25) is 14.4 Å². The maximum Gasteiger partial charge on any atom is 0.261 e. The average molecular weight is 496 g/mol. The zero-order valence-corrected chi connectivity index (χ0v) is 20.2. The molecule has 0 radical (unpaired) electrons. The van der Waals surface area contributed by atoms with E-state index < -0.39 is 10.0 Å². The van der Waals surface area contributed by atoms with Crippen LogP contribution in [0.2, 0.25) is 5.02 Å². The Labute approximate surface area is 205 Å². The Bertz CT molecular complexity index is 1260. The summed E-state index contributed by atoms with van der Waals surface area (Å²) >= 11 is 6.31. The number of amides is 1. The van der Waals surface area contributed by atoms with E-state index in [1.54, 1.807) is 35.2 Å². The normalized spacial score (nSPS) is 14.9. The second-order valence-electron chi connectivity index (χ2n) is 8.02. The van der Waals surface area contributed by atoms with Crippen LogP contribution in [-0.2, 0) is 10.0 Å². The minimum absolute atomic E-state index is 0.148. The van der Waals surface area contributed by atoms with E-state index in [1.165, 1.54) is 18.2 Å². The first-order valence-electron chi connectivity index (χ1n) is 11.0. The molecule has 0 atom stereocenters. The van der Waals surface area contributed by atoms with E-state index in [1.807, 2.05) is 18.2 Å². The summed E-state index contributed by atoms with van der Waals surface area (Å²) in [7, 11) is -3.76. The molecule has 176 valence electrons. The molecule has 0 aliphatic carbocycles. The van der Waals surface area contributed by atoms with Crippen molar-refractivity contribution in [2.24, 2.45) is 0 Å². The van der Waals surface area contributed by atoms with Gasteiger partial charge >= 0.3 is 0 Å². The number of carbonyl (C=O) groups is 1. The van der Waals surface area contributed by atoms with Crippen LogP contribution in [0.3, 0.4) is 0 Å². The minimum Gasteiger partial charge on any atom is -0.336 e. The second-order valence-corrected chi connectivity index (χ2v) is 10.1. The fourth-order valence-corrected chi connectivity index (χ4v) is 5.04. The van der Waals surface area contributed by atoms with Gasteiger partial charge < -0.3 is 4.90 Å². The number of hydrogen-bond acceptors (Lipinski definition) is 4. The van der Waals surface area contributed by atoms with Gasteiger partial charge in [0, 0.05) is 38.4 Å². The first kappa shape index (κ1) is 24.0. The third-order valence-corrected chi connectivity index (χ3v) is 7.36. The molecule has 1 N–H and O–H groups in total. The zero-order chi connectivity index (χ0) is 24.0. The highest BCUT2D eigenvalue weighted by atomic mass is 35.5. The number of benzene rings is 3. The van der Waals surface area contributed by atoms with E-state index in [4.69, 9.17) is 11.6 Å². The Morgan fingerprint density at radius 1 is 0.912 bits per heavy atom. The molecular formula is C26H26ClN3O3S. The molecule has 0 saturated carbocycles. The van der Waals surface area contributed by atoms with Crippen LogP contribution in [0.4, 0.5) is 5.69 Å². The Morgan fingerprint density at radius 3 is 2.24 bits per heavy atom. The summed E-state index contributed by atoms with van der Waals surface area (Å²) < 4.78 is 27.8. The lowest BCUT2D eigenvalue weighted by Gasteiger charge is -2.34. The smallest absolute Gasteiger partial charge is 0.261 e. The predicted octanol–water partition coefficient (Wildman–Crippen LogP) is 4.61. The molecule has 4 rings (SSSR count). The van der Waals surface area contributed by atoms with Gasteiger partial charge in [-0.25, -0.2) is 8.42 Å². The molecule has 1 amide bonds. The number of piperazine rings is 1. The van der Waals surface area contributed by atoms with Gasteiger partial charge in [-0.15, -0.1) is 0 Å². The van der Waals surface area contributed by atoms with Crippen molar-refractivity contribution in [3.63, 3.8) is 0 Å². The lowest BCUT2D eigenvalue weighted by molar-refractivity contribution is 0.0650. The largest absolute Gasteiger partial charge is 0.336 e. The third kappa shape index (κ3) is 6.05. The lowest BCUT2D eigenvalue weighted by Crippen LogP contribution is -2.48. The van der Waals surface area contributed by atoms with E-state index in [0.29, 0.717) is 23.8 Å². The van der Waals surface area contributed by atoms with Crippen LogP contribution in [-0.4, -0.2) is 56.8 Å². The number of hydrogen-bond donors (Lipinski definition) is 1. The monoisotopic (exact) mass is 495 g/mol. The molecule has 1 saturated heterocycles. The van der Waals surface area contributed by atoms with Gasteiger partial charge in [0.1, 0.15) is 0 Å². The average Bonchev–Trinajstić information content (AvgIpc) is 2.86. The van der Waals surface area contributed by atoms with Crippen molar-refractivity contribution < 1.29 is 13.2 Å². The number of sulfonamides is 1. The van der Waals surface area contributed by atoms with Crippen molar-refractivity contribution >= 4 is 39.3 Å².